The second kappa shape index (κ2) is 10.3. The van der Waals surface area contributed by atoms with E-state index in [1.807, 2.05) is 19.1 Å². The van der Waals surface area contributed by atoms with E-state index >= 15 is 0 Å². The Morgan fingerprint density at radius 1 is 1.21 bits per heavy atom. The van der Waals surface area contributed by atoms with Crippen LogP contribution >= 0.6 is 15.9 Å². The molecule has 0 unspecified atom stereocenters. The summed E-state index contributed by atoms with van der Waals surface area (Å²) in [7, 11) is 1.19. The molecule has 0 radical (unpaired) electrons. The van der Waals surface area contributed by atoms with Gasteiger partial charge in [0.2, 0.25) is 0 Å². The summed E-state index contributed by atoms with van der Waals surface area (Å²) in [5, 5.41) is 9.01. The molecule has 0 aliphatic rings. The second-order valence-corrected chi connectivity index (χ2v) is 6.47. The second-order valence-electron chi connectivity index (χ2n) is 5.61. The van der Waals surface area contributed by atoms with Gasteiger partial charge in [0.05, 0.1) is 11.6 Å². The van der Waals surface area contributed by atoms with Crippen molar-refractivity contribution < 1.29 is 23.8 Å². The van der Waals surface area contributed by atoms with Gasteiger partial charge >= 0.3 is 11.9 Å². The molecule has 0 amide bonds. The molecular formula is C21H18BrNO5. The highest BCUT2D eigenvalue weighted by molar-refractivity contribution is 9.10. The molecule has 0 aliphatic heterocycles. The van der Waals surface area contributed by atoms with Gasteiger partial charge in [-0.1, -0.05) is 25.1 Å². The summed E-state index contributed by atoms with van der Waals surface area (Å²) in [5.74, 6) is -0.508. The minimum Gasteiger partial charge on any atom is -0.481 e. The molecule has 144 valence electrons. The van der Waals surface area contributed by atoms with Gasteiger partial charge in [0.15, 0.2) is 6.61 Å². The fourth-order valence-electron chi connectivity index (χ4n) is 2.26. The standard InChI is InChI=1S/C21H18BrNO5/c1-3-14-7-8-19(18(22)11-14)27-13-20(24)28-17-6-4-5-15(10-17)9-16(12-23)21(25)26-2/h4-11H,3,13H2,1-2H3/b16-9+. The first kappa shape index (κ1) is 21.2. The van der Waals surface area contributed by atoms with Gasteiger partial charge in [-0.25, -0.2) is 9.59 Å². The number of halogens is 1. The Morgan fingerprint density at radius 3 is 2.64 bits per heavy atom. The van der Waals surface area contributed by atoms with E-state index in [2.05, 4.69) is 20.7 Å². The van der Waals surface area contributed by atoms with Gasteiger partial charge in [-0.3, -0.25) is 0 Å². The fourth-order valence-corrected chi connectivity index (χ4v) is 2.80. The van der Waals surface area contributed by atoms with E-state index in [1.54, 1.807) is 30.3 Å². The number of benzene rings is 2. The van der Waals surface area contributed by atoms with Crippen LogP contribution in [0.2, 0.25) is 0 Å². The Labute approximate surface area is 171 Å². The predicted molar refractivity (Wildman–Crippen MR) is 107 cm³/mol. The Morgan fingerprint density at radius 2 is 2.00 bits per heavy atom. The molecule has 0 bridgehead atoms. The third kappa shape index (κ3) is 5.96. The normalized spacial score (nSPS) is 10.7. The average Bonchev–Trinajstić information content (AvgIpc) is 2.70. The van der Waals surface area contributed by atoms with Crippen LogP contribution in [-0.4, -0.2) is 25.7 Å². The number of nitrogens with zero attached hydrogens (tertiary/aromatic N) is 1. The van der Waals surface area contributed by atoms with E-state index in [0.29, 0.717) is 11.3 Å². The van der Waals surface area contributed by atoms with E-state index in [0.717, 1.165) is 16.5 Å². The minimum atomic E-state index is -0.738. The number of methoxy groups -OCH3 is 1. The Balaban J connectivity index is 2.02. The summed E-state index contributed by atoms with van der Waals surface area (Å²) in [6, 6.07) is 13.8. The first-order chi connectivity index (χ1) is 13.5. The highest BCUT2D eigenvalue weighted by Crippen LogP contribution is 2.26. The van der Waals surface area contributed by atoms with Crippen LogP contribution in [-0.2, 0) is 20.7 Å². The molecule has 0 spiro atoms. The van der Waals surface area contributed by atoms with Crippen molar-refractivity contribution in [2.24, 2.45) is 0 Å². The van der Waals surface area contributed by atoms with Gasteiger partial charge in [0, 0.05) is 0 Å². The lowest BCUT2D eigenvalue weighted by molar-refractivity contribution is -0.137. The number of esters is 2. The number of ether oxygens (including phenoxy) is 3. The Hall–Kier alpha value is -3.11. The first-order valence-electron chi connectivity index (χ1n) is 8.39. The third-order valence-electron chi connectivity index (χ3n) is 3.68. The SMILES string of the molecule is CCc1ccc(OCC(=O)Oc2cccc(/C=C(\C#N)C(=O)OC)c2)c(Br)c1. The van der Waals surface area contributed by atoms with Crippen LogP contribution < -0.4 is 9.47 Å². The largest absolute Gasteiger partial charge is 0.481 e. The van der Waals surface area contributed by atoms with Crippen molar-refractivity contribution in [1.29, 1.82) is 5.26 Å². The predicted octanol–water partition coefficient (Wildman–Crippen LogP) is 4.08. The number of nitriles is 1. The molecule has 0 aliphatic carbocycles. The van der Waals surface area contributed by atoms with Gasteiger partial charge in [-0.05, 0) is 63.8 Å². The lowest BCUT2D eigenvalue weighted by Crippen LogP contribution is -2.17. The maximum Gasteiger partial charge on any atom is 0.349 e. The van der Waals surface area contributed by atoms with Crippen molar-refractivity contribution in [2.45, 2.75) is 13.3 Å². The zero-order chi connectivity index (χ0) is 20.5. The molecule has 0 fully saturated rings. The van der Waals surface area contributed by atoms with Crippen LogP contribution in [0, 0.1) is 11.3 Å². The molecule has 0 atom stereocenters. The van der Waals surface area contributed by atoms with Crippen molar-refractivity contribution in [3.63, 3.8) is 0 Å². The number of rotatable bonds is 7. The number of hydrogen-bond acceptors (Lipinski definition) is 6. The van der Waals surface area contributed by atoms with Crippen molar-refractivity contribution in [3.8, 4) is 17.6 Å². The van der Waals surface area contributed by atoms with E-state index in [4.69, 9.17) is 14.7 Å². The minimum absolute atomic E-state index is 0.158. The smallest absolute Gasteiger partial charge is 0.349 e. The number of aryl methyl sites for hydroxylation is 1. The molecule has 7 heteroatoms. The highest BCUT2D eigenvalue weighted by atomic mass is 79.9. The number of hydrogen-bond donors (Lipinski definition) is 0. The van der Waals surface area contributed by atoms with E-state index < -0.39 is 11.9 Å². The quantitative estimate of drug-likeness (QED) is 0.277. The zero-order valence-electron chi connectivity index (χ0n) is 15.4. The maximum absolute atomic E-state index is 12.1. The van der Waals surface area contributed by atoms with Gasteiger partial charge in [-0.2, -0.15) is 5.26 Å². The van der Waals surface area contributed by atoms with Crippen LogP contribution in [0.1, 0.15) is 18.1 Å². The van der Waals surface area contributed by atoms with Crippen LogP contribution in [0.4, 0.5) is 0 Å². The van der Waals surface area contributed by atoms with Crippen molar-refractivity contribution in [1.82, 2.24) is 0 Å². The molecule has 2 rings (SSSR count). The van der Waals surface area contributed by atoms with Gasteiger partial charge in [-0.15, -0.1) is 0 Å². The lowest BCUT2D eigenvalue weighted by Gasteiger charge is -2.09. The highest BCUT2D eigenvalue weighted by Gasteiger charge is 2.11. The zero-order valence-corrected chi connectivity index (χ0v) is 17.0. The van der Waals surface area contributed by atoms with E-state index in [9.17, 15) is 9.59 Å². The number of carbonyl (C=O) groups is 2. The van der Waals surface area contributed by atoms with Crippen LogP contribution in [0.25, 0.3) is 6.08 Å². The molecule has 0 N–H and O–H groups in total. The summed E-state index contributed by atoms with van der Waals surface area (Å²) in [4.78, 5) is 23.5. The summed E-state index contributed by atoms with van der Waals surface area (Å²) < 4.78 is 16.0. The molecule has 2 aromatic carbocycles. The lowest BCUT2D eigenvalue weighted by atomic mass is 10.1. The Kier molecular flexibility index (Phi) is 7.78. The van der Waals surface area contributed by atoms with Gasteiger partial charge in [0.1, 0.15) is 23.1 Å². The fraction of sp³-hybridized carbons (Fsp3) is 0.190. The van der Waals surface area contributed by atoms with Crippen molar-refractivity contribution in [3.05, 3.63) is 63.6 Å². The van der Waals surface area contributed by atoms with Gasteiger partial charge < -0.3 is 14.2 Å². The molecule has 0 aromatic heterocycles. The summed E-state index contributed by atoms with van der Waals surface area (Å²) in [6.07, 6.45) is 2.25. The van der Waals surface area contributed by atoms with Crippen LogP contribution in [0.15, 0.2) is 52.5 Å². The Bertz CT molecular complexity index is 946. The van der Waals surface area contributed by atoms with Crippen LogP contribution in [0.3, 0.4) is 0 Å². The summed E-state index contributed by atoms with van der Waals surface area (Å²) in [5.41, 5.74) is 1.51. The molecule has 0 heterocycles. The monoisotopic (exact) mass is 443 g/mol. The van der Waals surface area contributed by atoms with Crippen molar-refractivity contribution >= 4 is 33.9 Å². The van der Waals surface area contributed by atoms with Crippen LogP contribution in [0.5, 0.6) is 11.5 Å². The maximum atomic E-state index is 12.1. The molecule has 28 heavy (non-hydrogen) atoms. The van der Waals surface area contributed by atoms with Gasteiger partial charge in [0.25, 0.3) is 0 Å². The van der Waals surface area contributed by atoms with Crippen molar-refractivity contribution in [2.75, 3.05) is 13.7 Å². The average molecular weight is 444 g/mol. The first-order valence-corrected chi connectivity index (χ1v) is 9.18. The number of carbonyl (C=O) groups excluding carboxylic acids is 2. The molecular weight excluding hydrogens is 426 g/mol. The third-order valence-corrected chi connectivity index (χ3v) is 4.30. The molecule has 6 nitrogen and oxygen atoms in total. The summed E-state index contributed by atoms with van der Waals surface area (Å²) in [6.45, 7) is 1.78. The molecule has 0 saturated heterocycles. The topological polar surface area (TPSA) is 85.6 Å². The molecule has 0 saturated carbocycles. The summed E-state index contributed by atoms with van der Waals surface area (Å²) >= 11 is 3.41. The molecule has 2 aromatic rings. The van der Waals surface area contributed by atoms with E-state index in [1.165, 1.54) is 19.3 Å². The van der Waals surface area contributed by atoms with E-state index in [-0.39, 0.29) is 17.9 Å².